The lowest BCUT2D eigenvalue weighted by molar-refractivity contribution is 0.0400. The van der Waals surface area contributed by atoms with E-state index in [1.165, 1.54) is 44.9 Å². The van der Waals surface area contributed by atoms with Crippen LogP contribution in [0.5, 0.6) is 0 Å². The summed E-state index contributed by atoms with van der Waals surface area (Å²) in [5.41, 5.74) is 2.64. The predicted octanol–water partition coefficient (Wildman–Crippen LogP) is 2.52. The third kappa shape index (κ3) is 11.9. The van der Waals surface area contributed by atoms with Crippen molar-refractivity contribution in [1.82, 2.24) is 5.48 Å². The van der Waals surface area contributed by atoms with Gasteiger partial charge in [0, 0.05) is 6.54 Å². The van der Waals surface area contributed by atoms with Crippen molar-refractivity contribution < 1.29 is 4.94 Å². The van der Waals surface area contributed by atoms with Crippen LogP contribution in [0.4, 0.5) is 0 Å². The number of hydrogen-bond donors (Lipinski definition) is 2. The highest BCUT2D eigenvalue weighted by Crippen LogP contribution is 2.07. The first-order valence-corrected chi connectivity index (χ1v) is 5.50. The molecule has 13 heavy (non-hydrogen) atoms. The van der Waals surface area contributed by atoms with E-state index in [1.807, 2.05) is 0 Å². The van der Waals surface area contributed by atoms with Crippen LogP contribution in [0.2, 0.25) is 0 Å². The maximum Gasteiger partial charge on any atom is 0.0228 e. The lowest BCUT2D eigenvalue weighted by Gasteiger charge is -2.01. The molecule has 3 heteroatoms. The SMILES string of the molecule is CCCCCCCCCCNON. The predicted molar refractivity (Wildman–Crippen MR) is 55.9 cm³/mol. The van der Waals surface area contributed by atoms with E-state index in [1.54, 1.807) is 0 Å². The van der Waals surface area contributed by atoms with E-state index in [0.717, 1.165) is 13.0 Å². The maximum atomic E-state index is 4.81. The van der Waals surface area contributed by atoms with Crippen LogP contribution in [0.1, 0.15) is 58.3 Å². The maximum absolute atomic E-state index is 4.81. The number of rotatable bonds is 10. The van der Waals surface area contributed by atoms with Crippen LogP contribution in [0.3, 0.4) is 0 Å². The zero-order valence-electron chi connectivity index (χ0n) is 8.85. The molecule has 0 saturated carbocycles. The average Bonchev–Trinajstić information content (AvgIpc) is 2.16. The fourth-order valence-corrected chi connectivity index (χ4v) is 1.39. The van der Waals surface area contributed by atoms with Gasteiger partial charge in [-0.3, -0.25) is 0 Å². The van der Waals surface area contributed by atoms with Gasteiger partial charge in [0.1, 0.15) is 0 Å². The summed E-state index contributed by atoms with van der Waals surface area (Å²) in [7, 11) is 0. The second-order valence-corrected chi connectivity index (χ2v) is 3.49. The summed E-state index contributed by atoms with van der Waals surface area (Å²) in [6.07, 6.45) is 10.7. The lowest BCUT2D eigenvalue weighted by Crippen LogP contribution is -2.19. The molecule has 0 atom stereocenters. The molecule has 0 aromatic carbocycles. The molecule has 0 fully saturated rings. The normalized spacial score (nSPS) is 10.6. The van der Waals surface area contributed by atoms with Crippen molar-refractivity contribution in [2.75, 3.05) is 6.54 Å². The fourth-order valence-electron chi connectivity index (χ4n) is 1.39. The Morgan fingerprint density at radius 2 is 1.46 bits per heavy atom. The van der Waals surface area contributed by atoms with Crippen LogP contribution in [0.15, 0.2) is 0 Å². The summed E-state index contributed by atoms with van der Waals surface area (Å²) in [6.45, 7) is 3.12. The van der Waals surface area contributed by atoms with Gasteiger partial charge in [0.25, 0.3) is 0 Å². The van der Waals surface area contributed by atoms with Gasteiger partial charge in [-0.1, -0.05) is 51.9 Å². The van der Waals surface area contributed by atoms with Gasteiger partial charge in [-0.2, -0.15) is 11.4 Å². The van der Waals surface area contributed by atoms with E-state index in [9.17, 15) is 0 Å². The molecule has 0 aromatic heterocycles. The Kier molecular flexibility index (Phi) is 11.8. The zero-order valence-corrected chi connectivity index (χ0v) is 8.85. The van der Waals surface area contributed by atoms with Gasteiger partial charge in [-0.05, 0) is 6.42 Å². The number of hydroxylamine groups is 1. The minimum Gasteiger partial charge on any atom is -0.217 e. The van der Waals surface area contributed by atoms with E-state index in [2.05, 4.69) is 17.3 Å². The van der Waals surface area contributed by atoms with Crippen LogP contribution in [0, 0.1) is 0 Å². The van der Waals surface area contributed by atoms with Gasteiger partial charge < -0.3 is 0 Å². The van der Waals surface area contributed by atoms with Crippen molar-refractivity contribution in [1.29, 1.82) is 0 Å². The van der Waals surface area contributed by atoms with Crippen LogP contribution in [-0.4, -0.2) is 6.54 Å². The van der Waals surface area contributed by atoms with Crippen molar-refractivity contribution in [3.63, 3.8) is 0 Å². The van der Waals surface area contributed by atoms with E-state index < -0.39 is 0 Å². The Balaban J connectivity index is 2.76. The van der Waals surface area contributed by atoms with Gasteiger partial charge in [0.05, 0.1) is 0 Å². The topological polar surface area (TPSA) is 47.3 Å². The second kappa shape index (κ2) is 11.9. The highest BCUT2D eigenvalue weighted by molar-refractivity contribution is 4.46. The quantitative estimate of drug-likeness (QED) is 0.409. The molecule has 0 aliphatic carbocycles. The fraction of sp³-hybridized carbons (Fsp3) is 1.00. The number of hydrogen-bond acceptors (Lipinski definition) is 3. The Labute approximate surface area is 81.9 Å². The Morgan fingerprint density at radius 3 is 2.00 bits per heavy atom. The number of nitrogens with one attached hydrogen (secondary N) is 1. The number of unbranched alkanes of at least 4 members (excludes halogenated alkanes) is 7. The van der Waals surface area contributed by atoms with Crippen molar-refractivity contribution in [2.24, 2.45) is 5.90 Å². The Hall–Kier alpha value is -0.120. The summed E-state index contributed by atoms with van der Waals surface area (Å²) in [4.78, 5) is 4.25. The Morgan fingerprint density at radius 1 is 0.923 bits per heavy atom. The van der Waals surface area contributed by atoms with Crippen molar-refractivity contribution in [2.45, 2.75) is 58.3 Å². The van der Waals surface area contributed by atoms with E-state index in [4.69, 9.17) is 5.90 Å². The lowest BCUT2D eigenvalue weighted by atomic mass is 10.1. The molecular weight excluding hydrogens is 164 g/mol. The molecular formula is C10H24N2O. The van der Waals surface area contributed by atoms with Gasteiger partial charge in [-0.15, -0.1) is 0 Å². The van der Waals surface area contributed by atoms with Gasteiger partial charge in [-0.25, -0.2) is 4.94 Å². The van der Waals surface area contributed by atoms with Crippen molar-refractivity contribution in [3.05, 3.63) is 0 Å². The van der Waals surface area contributed by atoms with Crippen molar-refractivity contribution in [3.8, 4) is 0 Å². The van der Waals surface area contributed by atoms with E-state index >= 15 is 0 Å². The molecule has 0 unspecified atom stereocenters. The molecule has 0 heterocycles. The highest BCUT2D eigenvalue weighted by atomic mass is 16.8. The molecule has 80 valence electrons. The summed E-state index contributed by atoms with van der Waals surface area (Å²) < 4.78 is 0. The Bertz CT molecular complexity index is 79.0. The summed E-state index contributed by atoms with van der Waals surface area (Å²) >= 11 is 0. The molecule has 0 bridgehead atoms. The van der Waals surface area contributed by atoms with Crippen LogP contribution >= 0.6 is 0 Å². The summed E-state index contributed by atoms with van der Waals surface area (Å²) in [5.74, 6) is 4.81. The monoisotopic (exact) mass is 188 g/mol. The van der Waals surface area contributed by atoms with Crippen LogP contribution in [-0.2, 0) is 4.94 Å². The third-order valence-electron chi connectivity index (χ3n) is 2.22. The molecule has 3 N–H and O–H groups in total. The molecule has 0 aromatic rings. The molecule has 0 aliphatic heterocycles. The first kappa shape index (κ1) is 12.9. The molecule has 0 amide bonds. The van der Waals surface area contributed by atoms with E-state index in [-0.39, 0.29) is 0 Å². The summed E-state index contributed by atoms with van der Waals surface area (Å²) in [5, 5.41) is 0. The molecule has 0 rings (SSSR count). The second-order valence-electron chi connectivity index (χ2n) is 3.49. The van der Waals surface area contributed by atoms with Gasteiger partial charge >= 0.3 is 0 Å². The van der Waals surface area contributed by atoms with Crippen molar-refractivity contribution >= 4 is 0 Å². The minimum absolute atomic E-state index is 0.867. The zero-order chi connectivity index (χ0) is 9.78. The van der Waals surface area contributed by atoms with Crippen LogP contribution in [0.25, 0.3) is 0 Å². The molecule has 0 spiro atoms. The molecule has 0 aliphatic rings. The first-order valence-electron chi connectivity index (χ1n) is 5.50. The third-order valence-corrected chi connectivity index (χ3v) is 2.22. The average molecular weight is 188 g/mol. The number of nitrogens with two attached hydrogens (primary N) is 1. The smallest absolute Gasteiger partial charge is 0.0228 e. The summed E-state index contributed by atoms with van der Waals surface area (Å²) in [6, 6.07) is 0. The van der Waals surface area contributed by atoms with Crippen LogP contribution < -0.4 is 11.4 Å². The van der Waals surface area contributed by atoms with Gasteiger partial charge in [0.15, 0.2) is 0 Å². The molecule has 0 saturated heterocycles. The first-order chi connectivity index (χ1) is 6.41. The molecule has 0 radical (unpaired) electrons. The minimum atomic E-state index is 0.867. The largest absolute Gasteiger partial charge is 0.217 e. The standard InChI is InChI=1S/C10H24N2O/c1-2-3-4-5-6-7-8-9-10-12-13-11/h12H,2-11H2,1H3. The highest BCUT2D eigenvalue weighted by Gasteiger charge is 1.90. The molecule has 3 nitrogen and oxygen atoms in total. The van der Waals surface area contributed by atoms with E-state index in [0.29, 0.717) is 0 Å². The van der Waals surface area contributed by atoms with Gasteiger partial charge in [0.2, 0.25) is 0 Å².